The van der Waals surface area contributed by atoms with Gasteiger partial charge in [0.05, 0.1) is 11.4 Å². The van der Waals surface area contributed by atoms with Crippen LogP contribution in [-0.4, -0.2) is 34.6 Å². The summed E-state index contributed by atoms with van der Waals surface area (Å²) in [7, 11) is 0. The Morgan fingerprint density at radius 2 is 2.11 bits per heavy atom. The molecule has 1 fully saturated rings. The van der Waals surface area contributed by atoms with E-state index in [0.717, 1.165) is 36.7 Å². The van der Waals surface area contributed by atoms with Crippen LogP contribution >= 0.6 is 11.8 Å². The molecule has 4 nitrogen and oxygen atoms in total. The summed E-state index contributed by atoms with van der Waals surface area (Å²) in [6, 6.07) is 3.72. The van der Waals surface area contributed by atoms with Gasteiger partial charge in [-0.1, -0.05) is 11.8 Å². The number of carbonyl (C=O) groups excluding carboxylic acids is 1. The Kier molecular flexibility index (Phi) is 4.47. The number of nitrogens with zero attached hydrogens (tertiary/aromatic N) is 2. The van der Waals surface area contributed by atoms with E-state index in [0.29, 0.717) is 11.4 Å². The third-order valence-electron chi connectivity index (χ3n) is 3.07. The monoisotopic (exact) mass is 265 g/mol. The summed E-state index contributed by atoms with van der Waals surface area (Å²) in [6.45, 7) is 3.72. The molecule has 0 unspecified atom stereocenters. The lowest BCUT2D eigenvalue weighted by Crippen LogP contribution is -2.36. The molecule has 5 heteroatoms. The molecule has 0 saturated carbocycles. The zero-order chi connectivity index (χ0) is 13.0. The largest absolute Gasteiger partial charge is 0.397 e. The van der Waals surface area contributed by atoms with Crippen molar-refractivity contribution in [3.05, 3.63) is 17.8 Å². The van der Waals surface area contributed by atoms with Crippen LogP contribution in [0.4, 0.5) is 5.69 Å². The van der Waals surface area contributed by atoms with E-state index in [4.69, 9.17) is 5.73 Å². The van der Waals surface area contributed by atoms with Crippen molar-refractivity contribution < 1.29 is 4.79 Å². The zero-order valence-corrected chi connectivity index (χ0v) is 11.5. The highest BCUT2D eigenvalue weighted by molar-refractivity contribution is 8.00. The van der Waals surface area contributed by atoms with E-state index in [9.17, 15) is 4.79 Å². The van der Waals surface area contributed by atoms with Crippen molar-refractivity contribution in [1.29, 1.82) is 0 Å². The van der Waals surface area contributed by atoms with Gasteiger partial charge in [-0.25, -0.2) is 4.98 Å². The smallest absolute Gasteiger partial charge is 0.232 e. The molecule has 2 rings (SSSR count). The van der Waals surface area contributed by atoms with E-state index < -0.39 is 0 Å². The summed E-state index contributed by atoms with van der Waals surface area (Å²) in [5.74, 6) is 0.628. The van der Waals surface area contributed by atoms with Crippen LogP contribution in [0.3, 0.4) is 0 Å². The molecule has 1 aromatic rings. The number of thioether (sulfide) groups is 1. The molecule has 2 heterocycles. The van der Waals surface area contributed by atoms with Crippen LogP contribution < -0.4 is 5.73 Å². The molecular weight excluding hydrogens is 246 g/mol. The van der Waals surface area contributed by atoms with Gasteiger partial charge in [0.2, 0.25) is 5.91 Å². The predicted molar refractivity (Wildman–Crippen MR) is 74.5 cm³/mol. The maximum Gasteiger partial charge on any atom is 0.232 e. The minimum atomic E-state index is 0.197. The van der Waals surface area contributed by atoms with Gasteiger partial charge in [0.25, 0.3) is 0 Å². The molecule has 1 amide bonds. The van der Waals surface area contributed by atoms with Crippen LogP contribution in [0.15, 0.2) is 17.2 Å². The van der Waals surface area contributed by atoms with Gasteiger partial charge < -0.3 is 10.6 Å². The fourth-order valence-electron chi connectivity index (χ4n) is 2.02. The molecule has 2 N–H and O–H groups in total. The SMILES string of the molecule is Cc1ccc(N)c(SCC(=O)N2CCCCC2)n1. The Morgan fingerprint density at radius 1 is 1.39 bits per heavy atom. The number of carbonyl (C=O) groups is 1. The highest BCUT2D eigenvalue weighted by atomic mass is 32.2. The molecule has 98 valence electrons. The van der Waals surface area contributed by atoms with Crippen molar-refractivity contribution in [2.45, 2.75) is 31.2 Å². The summed E-state index contributed by atoms with van der Waals surface area (Å²) in [5.41, 5.74) is 7.42. The lowest BCUT2D eigenvalue weighted by Gasteiger charge is -2.26. The fraction of sp³-hybridized carbons (Fsp3) is 0.538. The van der Waals surface area contributed by atoms with Gasteiger partial charge >= 0.3 is 0 Å². The second-order valence-electron chi connectivity index (χ2n) is 4.58. The van der Waals surface area contributed by atoms with E-state index in [1.54, 1.807) is 0 Å². The van der Waals surface area contributed by atoms with E-state index in [-0.39, 0.29) is 5.91 Å². The van der Waals surface area contributed by atoms with Crippen molar-refractivity contribution in [1.82, 2.24) is 9.88 Å². The first-order chi connectivity index (χ1) is 8.66. The molecule has 1 saturated heterocycles. The van der Waals surface area contributed by atoms with Crippen molar-refractivity contribution in [2.75, 3.05) is 24.6 Å². The number of nitrogen functional groups attached to an aromatic ring is 1. The third-order valence-corrected chi connectivity index (χ3v) is 4.06. The second-order valence-corrected chi connectivity index (χ2v) is 5.54. The Labute approximate surface area is 112 Å². The normalized spacial score (nSPS) is 15.7. The Morgan fingerprint density at radius 3 is 2.83 bits per heavy atom. The minimum absolute atomic E-state index is 0.197. The molecule has 0 bridgehead atoms. The minimum Gasteiger partial charge on any atom is -0.397 e. The number of hydrogen-bond acceptors (Lipinski definition) is 4. The average Bonchev–Trinajstić information content (AvgIpc) is 2.40. The third kappa shape index (κ3) is 3.38. The summed E-state index contributed by atoms with van der Waals surface area (Å²) in [5, 5.41) is 0.764. The van der Waals surface area contributed by atoms with Crippen molar-refractivity contribution in [3.8, 4) is 0 Å². The molecular formula is C13H19N3OS. The van der Waals surface area contributed by atoms with Crippen molar-refractivity contribution in [3.63, 3.8) is 0 Å². The van der Waals surface area contributed by atoms with Crippen LogP contribution in [-0.2, 0) is 4.79 Å². The zero-order valence-electron chi connectivity index (χ0n) is 10.7. The summed E-state index contributed by atoms with van der Waals surface area (Å²) in [4.78, 5) is 18.3. The highest BCUT2D eigenvalue weighted by Gasteiger charge is 2.17. The second kappa shape index (κ2) is 6.09. The molecule has 1 aromatic heterocycles. The van der Waals surface area contributed by atoms with Crippen molar-refractivity contribution in [2.24, 2.45) is 0 Å². The molecule has 0 spiro atoms. The highest BCUT2D eigenvalue weighted by Crippen LogP contribution is 2.23. The Balaban J connectivity index is 1.90. The van der Waals surface area contributed by atoms with Crippen LogP contribution in [0.5, 0.6) is 0 Å². The average molecular weight is 265 g/mol. The lowest BCUT2D eigenvalue weighted by molar-refractivity contribution is -0.129. The molecule has 0 aromatic carbocycles. The molecule has 1 aliphatic heterocycles. The maximum atomic E-state index is 12.0. The lowest BCUT2D eigenvalue weighted by atomic mass is 10.1. The van der Waals surface area contributed by atoms with Crippen LogP contribution in [0, 0.1) is 6.92 Å². The molecule has 0 atom stereocenters. The Hall–Kier alpha value is -1.23. The summed E-state index contributed by atoms with van der Waals surface area (Å²) >= 11 is 1.44. The molecule has 1 aliphatic rings. The number of piperidine rings is 1. The van der Waals surface area contributed by atoms with Gasteiger partial charge in [0.1, 0.15) is 5.03 Å². The quantitative estimate of drug-likeness (QED) is 0.850. The van der Waals surface area contributed by atoms with E-state index >= 15 is 0 Å². The maximum absolute atomic E-state index is 12.0. The van der Waals surface area contributed by atoms with E-state index in [2.05, 4.69) is 4.98 Å². The first-order valence-electron chi connectivity index (χ1n) is 6.30. The number of likely N-dealkylation sites (tertiary alicyclic amines) is 1. The van der Waals surface area contributed by atoms with E-state index in [1.807, 2.05) is 24.0 Å². The number of pyridine rings is 1. The van der Waals surface area contributed by atoms with Gasteiger partial charge in [0, 0.05) is 18.8 Å². The van der Waals surface area contributed by atoms with Crippen molar-refractivity contribution >= 4 is 23.4 Å². The number of aromatic nitrogens is 1. The predicted octanol–water partition coefficient (Wildman–Crippen LogP) is 2.08. The van der Waals surface area contributed by atoms with Crippen LogP contribution in [0.1, 0.15) is 25.0 Å². The van der Waals surface area contributed by atoms with Gasteiger partial charge in [-0.2, -0.15) is 0 Å². The number of hydrogen-bond donors (Lipinski definition) is 1. The molecule has 18 heavy (non-hydrogen) atoms. The first kappa shape index (κ1) is 13.2. The van der Waals surface area contributed by atoms with Gasteiger partial charge in [0.15, 0.2) is 0 Å². The van der Waals surface area contributed by atoms with Crippen LogP contribution in [0.25, 0.3) is 0 Å². The summed E-state index contributed by atoms with van der Waals surface area (Å²) in [6.07, 6.45) is 3.49. The number of amides is 1. The van der Waals surface area contributed by atoms with Gasteiger partial charge in [-0.15, -0.1) is 0 Å². The van der Waals surface area contributed by atoms with Gasteiger partial charge in [-0.05, 0) is 38.3 Å². The number of rotatable bonds is 3. The topological polar surface area (TPSA) is 59.2 Å². The summed E-state index contributed by atoms with van der Waals surface area (Å²) < 4.78 is 0. The standard InChI is InChI=1S/C13H19N3OS/c1-10-5-6-11(14)13(15-10)18-9-12(17)16-7-3-2-4-8-16/h5-6H,2-4,7-9,14H2,1H3. The number of nitrogens with two attached hydrogens (primary N) is 1. The number of anilines is 1. The molecule has 0 aliphatic carbocycles. The van der Waals surface area contributed by atoms with Gasteiger partial charge in [-0.3, -0.25) is 4.79 Å². The van der Waals surface area contributed by atoms with E-state index in [1.165, 1.54) is 18.2 Å². The fourth-order valence-corrected chi connectivity index (χ4v) is 2.91. The molecule has 0 radical (unpaired) electrons. The Bertz CT molecular complexity index is 430. The number of aryl methyl sites for hydroxylation is 1. The first-order valence-corrected chi connectivity index (χ1v) is 7.29. The van der Waals surface area contributed by atoms with Crippen LogP contribution in [0.2, 0.25) is 0 Å².